The van der Waals surface area contributed by atoms with Crippen molar-refractivity contribution < 1.29 is 9.90 Å². The molecule has 3 aromatic carbocycles. The van der Waals surface area contributed by atoms with E-state index in [4.69, 9.17) is 11.6 Å². The van der Waals surface area contributed by atoms with Crippen LogP contribution in [0, 0.1) is 0 Å². The van der Waals surface area contributed by atoms with Crippen LogP contribution in [-0.2, 0) is 10.4 Å². The topological polar surface area (TPSA) is 40.5 Å². The molecule has 0 bridgehead atoms. The second kappa shape index (κ2) is 6.38. The van der Waals surface area contributed by atoms with E-state index in [2.05, 4.69) is 15.9 Å². The van der Waals surface area contributed by atoms with Crippen molar-refractivity contribution in [1.82, 2.24) is 0 Å². The predicted octanol–water partition coefficient (Wildman–Crippen LogP) is 5.25. The van der Waals surface area contributed by atoms with Crippen LogP contribution in [0.5, 0.6) is 0 Å². The van der Waals surface area contributed by atoms with Crippen molar-refractivity contribution in [1.29, 1.82) is 0 Å². The van der Waals surface area contributed by atoms with Gasteiger partial charge in [0, 0.05) is 16.6 Å². The molecule has 1 N–H and O–H groups in total. The van der Waals surface area contributed by atoms with Crippen molar-refractivity contribution in [3.63, 3.8) is 0 Å². The average Bonchev–Trinajstić information content (AvgIpc) is 2.85. The number of benzene rings is 3. The first kappa shape index (κ1) is 17.5. The third kappa shape index (κ3) is 2.48. The monoisotopic (exact) mass is 429 g/mol. The normalized spacial score (nSPS) is 19.2. The van der Waals surface area contributed by atoms with E-state index in [0.717, 1.165) is 17.2 Å². The van der Waals surface area contributed by atoms with Crippen LogP contribution in [0.25, 0.3) is 10.8 Å². The minimum absolute atomic E-state index is 0.334. The van der Waals surface area contributed by atoms with Gasteiger partial charge in [-0.05, 0) is 56.9 Å². The maximum absolute atomic E-state index is 13.3. The van der Waals surface area contributed by atoms with E-state index >= 15 is 0 Å². The zero-order chi connectivity index (χ0) is 18.5. The standard InChI is InChI=1S/C21H17BrClNO2/c1-2-9-24-19-12-18(23)17(22)11-16(19)21(26,20(24)25)15-8-7-13-5-3-4-6-14(13)10-15/h3-8,10-12,26H,2,9H2,1H3. The fourth-order valence-corrected chi connectivity index (χ4v) is 4.11. The molecule has 0 aromatic heterocycles. The summed E-state index contributed by atoms with van der Waals surface area (Å²) in [7, 11) is 0. The summed E-state index contributed by atoms with van der Waals surface area (Å²) in [5.74, 6) is -0.334. The second-order valence-corrected chi connectivity index (χ2v) is 7.77. The van der Waals surface area contributed by atoms with Gasteiger partial charge in [-0.3, -0.25) is 4.79 Å². The number of carbonyl (C=O) groups is 1. The third-order valence-electron chi connectivity index (χ3n) is 4.89. The number of amides is 1. The molecular formula is C21H17BrClNO2. The average molecular weight is 431 g/mol. The minimum Gasteiger partial charge on any atom is -0.372 e. The molecule has 1 amide bonds. The number of aliphatic hydroxyl groups is 1. The van der Waals surface area contributed by atoms with E-state index in [1.807, 2.05) is 49.4 Å². The largest absolute Gasteiger partial charge is 0.372 e. The number of fused-ring (bicyclic) bond motifs is 2. The fraction of sp³-hybridized carbons (Fsp3) is 0.190. The van der Waals surface area contributed by atoms with Gasteiger partial charge in [-0.1, -0.05) is 54.9 Å². The van der Waals surface area contributed by atoms with Gasteiger partial charge in [0.2, 0.25) is 0 Å². The summed E-state index contributed by atoms with van der Waals surface area (Å²) in [6.45, 7) is 2.53. The highest BCUT2D eigenvalue weighted by atomic mass is 79.9. The number of nitrogens with zero attached hydrogens (tertiary/aromatic N) is 1. The Morgan fingerprint density at radius 2 is 1.85 bits per heavy atom. The first-order chi connectivity index (χ1) is 12.5. The van der Waals surface area contributed by atoms with Gasteiger partial charge in [-0.2, -0.15) is 0 Å². The summed E-state index contributed by atoms with van der Waals surface area (Å²) in [6.07, 6.45) is 0.784. The van der Waals surface area contributed by atoms with Crippen LogP contribution < -0.4 is 4.90 Å². The van der Waals surface area contributed by atoms with Crippen molar-refractivity contribution in [2.24, 2.45) is 0 Å². The Balaban J connectivity index is 1.96. The van der Waals surface area contributed by atoms with Gasteiger partial charge in [0.05, 0.1) is 10.7 Å². The zero-order valence-corrected chi connectivity index (χ0v) is 16.5. The first-order valence-corrected chi connectivity index (χ1v) is 9.67. The summed E-state index contributed by atoms with van der Waals surface area (Å²) >= 11 is 9.68. The minimum atomic E-state index is -1.72. The Morgan fingerprint density at radius 1 is 1.12 bits per heavy atom. The molecule has 0 spiro atoms. The molecule has 26 heavy (non-hydrogen) atoms. The van der Waals surface area contributed by atoms with Crippen molar-refractivity contribution in [2.45, 2.75) is 18.9 Å². The van der Waals surface area contributed by atoms with Gasteiger partial charge in [0.1, 0.15) is 0 Å². The first-order valence-electron chi connectivity index (χ1n) is 8.50. The quantitative estimate of drug-likeness (QED) is 0.616. The number of rotatable bonds is 3. The zero-order valence-electron chi connectivity index (χ0n) is 14.2. The highest BCUT2D eigenvalue weighted by Gasteiger charge is 2.51. The van der Waals surface area contributed by atoms with Crippen LogP contribution in [0.4, 0.5) is 5.69 Å². The number of hydrogen-bond acceptors (Lipinski definition) is 2. The number of hydrogen-bond donors (Lipinski definition) is 1. The maximum Gasteiger partial charge on any atom is 0.268 e. The summed E-state index contributed by atoms with van der Waals surface area (Å²) in [4.78, 5) is 14.9. The van der Waals surface area contributed by atoms with Crippen LogP contribution in [-0.4, -0.2) is 17.6 Å². The highest BCUT2D eigenvalue weighted by molar-refractivity contribution is 9.10. The molecule has 0 saturated carbocycles. The fourth-order valence-electron chi connectivity index (χ4n) is 3.61. The van der Waals surface area contributed by atoms with Crippen LogP contribution in [0.15, 0.2) is 59.1 Å². The van der Waals surface area contributed by atoms with Gasteiger partial charge >= 0.3 is 0 Å². The Morgan fingerprint density at radius 3 is 2.58 bits per heavy atom. The van der Waals surface area contributed by atoms with Crippen LogP contribution >= 0.6 is 27.5 Å². The molecule has 0 fully saturated rings. The van der Waals surface area contributed by atoms with Crippen molar-refractivity contribution in [3.8, 4) is 0 Å². The molecule has 3 aromatic rings. The molecule has 1 unspecified atom stereocenters. The molecule has 1 aliphatic rings. The van der Waals surface area contributed by atoms with Crippen molar-refractivity contribution in [3.05, 3.63) is 75.2 Å². The van der Waals surface area contributed by atoms with Crippen molar-refractivity contribution in [2.75, 3.05) is 11.4 Å². The summed E-state index contributed by atoms with van der Waals surface area (Å²) < 4.78 is 0.656. The molecule has 1 heterocycles. The molecular weight excluding hydrogens is 414 g/mol. The maximum atomic E-state index is 13.3. The Bertz CT molecular complexity index is 1040. The molecule has 1 aliphatic heterocycles. The smallest absolute Gasteiger partial charge is 0.268 e. The molecule has 0 radical (unpaired) electrons. The van der Waals surface area contributed by atoms with E-state index < -0.39 is 5.60 Å². The van der Waals surface area contributed by atoms with E-state index in [1.165, 1.54) is 0 Å². The SMILES string of the molecule is CCCN1C(=O)C(O)(c2ccc3ccccc3c2)c2cc(Br)c(Cl)cc21. The lowest BCUT2D eigenvalue weighted by atomic mass is 9.86. The number of anilines is 1. The molecule has 0 saturated heterocycles. The van der Waals surface area contributed by atoms with Crippen LogP contribution in [0.2, 0.25) is 5.02 Å². The Labute approximate surface area is 165 Å². The summed E-state index contributed by atoms with van der Waals surface area (Å²) in [5.41, 5.74) is 0.0697. The van der Waals surface area contributed by atoms with Gasteiger partial charge in [-0.15, -0.1) is 0 Å². The van der Waals surface area contributed by atoms with E-state index in [-0.39, 0.29) is 5.91 Å². The number of halogens is 2. The van der Waals surface area contributed by atoms with Gasteiger partial charge < -0.3 is 10.0 Å². The lowest BCUT2D eigenvalue weighted by molar-refractivity contribution is -0.132. The summed E-state index contributed by atoms with van der Waals surface area (Å²) in [6, 6.07) is 17.0. The van der Waals surface area contributed by atoms with Crippen LogP contribution in [0.1, 0.15) is 24.5 Å². The lowest BCUT2D eigenvalue weighted by Crippen LogP contribution is -2.41. The Hall–Kier alpha value is -1.88. The lowest BCUT2D eigenvalue weighted by Gasteiger charge is -2.24. The second-order valence-electron chi connectivity index (χ2n) is 6.51. The third-order valence-corrected chi connectivity index (χ3v) is 6.09. The van der Waals surface area contributed by atoms with Gasteiger partial charge in [0.25, 0.3) is 5.91 Å². The Kier molecular flexibility index (Phi) is 4.30. The molecule has 132 valence electrons. The highest BCUT2D eigenvalue weighted by Crippen LogP contribution is 2.47. The van der Waals surface area contributed by atoms with Crippen LogP contribution in [0.3, 0.4) is 0 Å². The molecule has 5 heteroatoms. The van der Waals surface area contributed by atoms with Crippen molar-refractivity contribution >= 4 is 49.9 Å². The number of carbonyl (C=O) groups excluding carboxylic acids is 1. The van der Waals surface area contributed by atoms with E-state index in [0.29, 0.717) is 32.9 Å². The molecule has 4 rings (SSSR count). The van der Waals surface area contributed by atoms with E-state index in [9.17, 15) is 9.90 Å². The van der Waals surface area contributed by atoms with E-state index in [1.54, 1.807) is 17.0 Å². The molecule has 1 atom stereocenters. The molecule has 3 nitrogen and oxygen atoms in total. The van der Waals surface area contributed by atoms with Gasteiger partial charge in [0.15, 0.2) is 5.60 Å². The predicted molar refractivity (Wildman–Crippen MR) is 109 cm³/mol. The molecule has 0 aliphatic carbocycles. The summed E-state index contributed by atoms with van der Waals surface area (Å²) in [5, 5.41) is 14.2. The van der Waals surface area contributed by atoms with Gasteiger partial charge in [-0.25, -0.2) is 0 Å².